The standard InChI is InChI=1S/C22H23N3O2/c1-27-19-12-14-24(15-13-19)22(26)20-16-25(18-10-6-3-7-11-18)23-21(20)17-8-4-2-5-9-17/h2-11,16,19H,12-15H2,1H3. The lowest BCUT2D eigenvalue weighted by Crippen LogP contribution is -2.40. The highest BCUT2D eigenvalue weighted by Crippen LogP contribution is 2.26. The molecule has 4 rings (SSSR count). The minimum absolute atomic E-state index is 0.0330. The molecule has 138 valence electrons. The van der Waals surface area contributed by atoms with Gasteiger partial charge in [-0.3, -0.25) is 4.79 Å². The van der Waals surface area contributed by atoms with E-state index < -0.39 is 0 Å². The van der Waals surface area contributed by atoms with Crippen LogP contribution >= 0.6 is 0 Å². The first-order valence-corrected chi connectivity index (χ1v) is 9.29. The van der Waals surface area contributed by atoms with Crippen LogP contribution in [0.3, 0.4) is 0 Å². The fourth-order valence-corrected chi connectivity index (χ4v) is 3.52. The Morgan fingerprint density at radius 2 is 1.63 bits per heavy atom. The van der Waals surface area contributed by atoms with Gasteiger partial charge in [0, 0.05) is 32.0 Å². The number of likely N-dealkylation sites (tertiary alicyclic amines) is 1. The highest BCUT2D eigenvalue weighted by molar-refractivity contribution is 6.00. The van der Waals surface area contributed by atoms with Crippen molar-refractivity contribution in [3.8, 4) is 16.9 Å². The van der Waals surface area contributed by atoms with Crippen molar-refractivity contribution in [1.29, 1.82) is 0 Å². The molecule has 27 heavy (non-hydrogen) atoms. The molecule has 1 aliphatic rings. The molecule has 0 N–H and O–H groups in total. The summed E-state index contributed by atoms with van der Waals surface area (Å²) in [6, 6.07) is 19.8. The maximum absolute atomic E-state index is 13.3. The lowest BCUT2D eigenvalue weighted by molar-refractivity contribution is 0.0351. The topological polar surface area (TPSA) is 47.4 Å². The summed E-state index contributed by atoms with van der Waals surface area (Å²) in [6.45, 7) is 1.42. The minimum atomic E-state index is 0.0330. The zero-order chi connectivity index (χ0) is 18.6. The van der Waals surface area contributed by atoms with Gasteiger partial charge in [-0.15, -0.1) is 0 Å². The van der Waals surface area contributed by atoms with Crippen molar-refractivity contribution in [2.45, 2.75) is 18.9 Å². The van der Waals surface area contributed by atoms with E-state index in [2.05, 4.69) is 0 Å². The summed E-state index contributed by atoms with van der Waals surface area (Å²) in [5, 5.41) is 4.74. The van der Waals surface area contributed by atoms with E-state index in [1.54, 1.807) is 11.8 Å². The van der Waals surface area contributed by atoms with Gasteiger partial charge in [-0.2, -0.15) is 5.10 Å². The van der Waals surface area contributed by atoms with Crippen LogP contribution in [0.25, 0.3) is 16.9 Å². The number of hydrogen-bond donors (Lipinski definition) is 0. The van der Waals surface area contributed by atoms with Gasteiger partial charge in [0.05, 0.1) is 17.4 Å². The molecule has 1 amide bonds. The fourth-order valence-electron chi connectivity index (χ4n) is 3.52. The molecule has 0 radical (unpaired) electrons. The Morgan fingerprint density at radius 1 is 1.00 bits per heavy atom. The molecular formula is C22H23N3O2. The third-order valence-electron chi connectivity index (χ3n) is 5.08. The van der Waals surface area contributed by atoms with E-state index >= 15 is 0 Å². The summed E-state index contributed by atoms with van der Waals surface area (Å²) < 4.78 is 7.21. The second kappa shape index (κ2) is 7.76. The van der Waals surface area contributed by atoms with Crippen molar-refractivity contribution in [2.24, 2.45) is 0 Å². The lowest BCUT2D eigenvalue weighted by Gasteiger charge is -2.31. The predicted octanol–water partition coefficient (Wildman–Crippen LogP) is 3.79. The van der Waals surface area contributed by atoms with Gasteiger partial charge in [-0.05, 0) is 25.0 Å². The van der Waals surface area contributed by atoms with Crippen LogP contribution < -0.4 is 0 Å². The molecule has 5 nitrogen and oxygen atoms in total. The molecule has 1 aliphatic heterocycles. The molecule has 1 fully saturated rings. The van der Waals surface area contributed by atoms with Crippen LogP contribution in [0.4, 0.5) is 0 Å². The molecule has 0 atom stereocenters. The third-order valence-corrected chi connectivity index (χ3v) is 5.08. The van der Waals surface area contributed by atoms with E-state index in [1.165, 1.54) is 0 Å². The molecule has 5 heteroatoms. The van der Waals surface area contributed by atoms with Crippen molar-refractivity contribution in [2.75, 3.05) is 20.2 Å². The van der Waals surface area contributed by atoms with Crippen LogP contribution in [-0.4, -0.2) is 46.9 Å². The van der Waals surface area contributed by atoms with E-state index in [-0.39, 0.29) is 12.0 Å². The number of hydrogen-bond acceptors (Lipinski definition) is 3. The Labute approximate surface area is 159 Å². The number of carbonyl (C=O) groups is 1. The third kappa shape index (κ3) is 3.64. The molecular weight excluding hydrogens is 338 g/mol. The average Bonchev–Trinajstić information content (AvgIpc) is 3.20. The molecule has 1 saturated heterocycles. The highest BCUT2D eigenvalue weighted by atomic mass is 16.5. The second-order valence-corrected chi connectivity index (χ2v) is 6.76. The van der Waals surface area contributed by atoms with Gasteiger partial charge in [0.1, 0.15) is 5.69 Å². The summed E-state index contributed by atoms with van der Waals surface area (Å²) in [4.78, 5) is 15.2. The van der Waals surface area contributed by atoms with Gasteiger partial charge in [-0.1, -0.05) is 48.5 Å². The molecule has 2 heterocycles. The van der Waals surface area contributed by atoms with Gasteiger partial charge >= 0.3 is 0 Å². The number of carbonyl (C=O) groups excluding carboxylic acids is 1. The number of ether oxygens (including phenoxy) is 1. The van der Waals surface area contributed by atoms with Crippen LogP contribution in [0.15, 0.2) is 66.9 Å². The van der Waals surface area contributed by atoms with Crippen LogP contribution in [0, 0.1) is 0 Å². The zero-order valence-corrected chi connectivity index (χ0v) is 15.4. The van der Waals surface area contributed by atoms with Gasteiger partial charge in [-0.25, -0.2) is 4.68 Å². The Bertz CT molecular complexity index is 898. The number of piperidine rings is 1. The van der Waals surface area contributed by atoms with Crippen LogP contribution in [0.5, 0.6) is 0 Å². The van der Waals surface area contributed by atoms with Gasteiger partial charge in [0.25, 0.3) is 5.91 Å². The lowest BCUT2D eigenvalue weighted by atomic mass is 10.0. The Morgan fingerprint density at radius 3 is 2.26 bits per heavy atom. The van der Waals surface area contributed by atoms with Gasteiger partial charge in [0.15, 0.2) is 0 Å². The molecule has 1 aromatic heterocycles. The maximum Gasteiger partial charge on any atom is 0.257 e. The predicted molar refractivity (Wildman–Crippen MR) is 105 cm³/mol. The molecule has 0 saturated carbocycles. The SMILES string of the molecule is COC1CCN(C(=O)c2cn(-c3ccccc3)nc2-c2ccccc2)CC1. The molecule has 0 unspecified atom stereocenters. The number of methoxy groups -OCH3 is 1. The summed E-state index contributed by atoms with van der Waals surface area (Å²) in [5.41, 5.74) is 3.24. The maximum atomic E-state index is 13.3. The van der Waals surface area contributed by atoms with Crippen molar-refractivity contribution in [3.63, 3.8) is 0 Å². The number of nitrogens with zero attached hydrogens (tertiary/aromatic N) is 3. The first-order chi connectivity index (χ1) is 13.3. The Hall–Kier alpha value is -2.92. The Kier molecular flexibility index (Phi) is 5.03. The van der Waals surface area contributed by atoms with Gasteiger partial charge in [0.2, 0.25) is 0 Å². The molecule has 3 aromatic rings. The average molecular weight is 361 g/mol. The van der Waals surface area contributed by atoms with E-state index in [1.807, 2.05) is 71.8 Å². The number of benzene rings is 2. The summed E-state index contributed by atoms with van der Waals surface area (Å²) >= 11 is 0. The Balaban J connectivity index is 1.70. The number of rotatable bonds is 4. The van der Waals surface area contributed by atoms with E-state index in [0.717, 1.165) is 29.8 Å². The monoisotopic (exact) mass is 361 g/mol. The van der Waals surface area contributed by atoms with Crippen molar-refractivity contribution in [1.82, 2.24) is 14.7 Å². The fraction of sp³-hybridized carbons (Fsp3) is 0.273. The molecule has 0 spiro atoms. The summed E-state index contributed by atoms with van der Waals surface area (Å²) in [5.74, 6) is 0.0330. The van der Waals surface area contributed by atoms with Crippen molar-refractivity contribution >= 4 is 5.91 Å². The summed E-state index contributed by atoms with van der Waals surface area (Å²) in [7, 11) is 1.74. The van der Waals surface area contributed by atoms with E-state index in [0.29, 0.717) is 18.7 Å². The van der Waals surface area contributed by atoms with E-state index in [9.17, 15) is 4.79 Å². The minimum Gasteiger partial charge on any atom is -0.381 e. The molecule has 0 bridgehead atoms. The highest BCUT2D eigenvalue weighted by Gasteiger charge is 2.27. The van der Waals surface area contributed by atoms with Crippen molar-refractivity contribution in [3.05, 3.63) is 72.4 Å². The van der Waals surface area contributed by atoms with Gasteiger partial charge < -0.3 is 9.64 Å². The van der Waals surface area contributed by atoms with Crippen LogP contribution in [0.1, 0.15) is 23.2 Å². The van der Waals surface area contributed by atoms with E-state index in [4.69, 9.17) is 9.84 Å². The van der Waals surface area contributed by atoms with Crippen LogP contribution in [-0.2, 0) is 4.74 Å². The first-order valence-electron chi connectivity index (χ1n) is 9.29. The summed E-state index contributed by atoms with van der Waals surface area (Å²) in [6.07, 6.45) is 3.84. The van der Waals surface area contributed by atoms with Crippen LogP contribution in [0.2, 0.25) is 0 Å². The number of para-hydroxylation sites is 1. The number of aromatic nitrogens is 2. The second-order valence-electron chi connectivity index (χ2n) is 6.76. The van der Waals surface area contributed by atoms with Crippen molar-refractivity contribution < 1.29 is 9.53 Å². The molecule has 2 aromatic carbocycles. The molecule has 0 aliphatic carbocycles. The zero-order valence-electron chi connectivity index (χ0n) is 15.4. The normalized spacial score (nSPS) is 15.1. The first kappa shape index (κ1) is 17.5. The largest absolute Gasteiger partial charge is 0.381 e. The quantitative estimate of drug-likeness (QED) is 0.710. The smallest absolute Gasteiger partial charge is 0.257 e. The number of amides is 1.